The van der Waals surface area contributed by atoms with Gasteiger partial charge in [0.15, 0.2) is 6.29 Å². The van der Waals surface area contributed by atoms with E-state index in [9.17, 15) is 14.4 Å². The SMILES string of the molecule is BC(CCC=O)(C(=O)NC)N(C)Cc1c(C=O)cccc1OCc1cc(C(B)(B)N2CC(C)(C)OC(C)(C)C2)ccc1F. The molecular formula is C31H45B3FN3O5. The number of carbonyl (C=O) groups is 3. The molecule has 0 radical (unpaired) electrons. The second kappa shape index (κ2) is 13.4. The number of nitrogens with one attached hydrogen (secondary N) is 1. The summed E-state index contributed by atoms with van der Waals surface area (Å²) in [5.41, 5.74) is 0.673. The summed E-state index contributed by atoms with van der Waals surface area (Å²) in [6.45, 7) is 9.95. The molecule has 0 aromatic heterocycles. The molecule has 12 heteroatoms. The molecule has 0 aliphatic carbocycles. The first kappa shape index (κ1) is 34.5. The lowest BCUT2D eigenvalue weighted by molar-refractivity contribution is -0.186. The molecule has 1 atom stereocenters. The third-order valence-corrected chi connectivity index (χ3v) is 8.62. The van der Waals surface area contributed by atoms with Crippen molar-refractivity contribution >= 4 is 42.0 Å². The summed E-state index contributed by atoms with van der Waals surface area (Å²) < 4.78 is 27.6. The summed E-state index contributed by atoms with van der Waals surface area (Å²) in [6.07, 6.45) is 2.04. The number of nitrogens with zero attached hydrogens (tertiary/aromatic N) is 2. The van der Waals surface area contributed by atoms with Gasteiger partial charge in [-0.15, -0.1) is 0 Å². The number of likely N-dealkylation sites (N-methyl/N-ethyl adjacent to an activating group) is 2. The van der Waals surface area contributed by atoms with Crippen molar-refractivity contribution in [3.63, 3.8) is 0 Å². The number of ether oxygens (including phenoxy) is 2. The molecule has 1 fully saturated rings. The second-order valence-electron chi connectivity index (χ2n) is 13.5. The Bertz CT molecular complexity index is 1320. The zero-order valence-corrected chi connectivity index (χ0v) is 27.2. The third-order valence-electron chi connectivity index (χ3n) is 8.62. The normalized spacial score (nSPS) is 18.0. The van der Waals surface area contributed by atoms with E-state index in [-0.39, 0.29) is 42.5 Å². The van der Waals surface area contributed by atoms with Crippen LogP contribution in [0.25, 0.3) is 0 Å². The fourth-order valence-electron chi connectivity index (χ4n) is 6.08. The van der Waals surface area contributed by atoms with E-state index in [2.05, 4.69) is 53.6 Å². The van der Waals surface area contributed by atoms with Crippen molar-refractivity contribution in [1.82, 2.24) is 15.1 Å². The van der Waals surface area contributed by atoms with Crippen LogP contribution >= 0.6 is 0 Å². The van der Waals surface area contributed by atoms with Gasteiger partial charge in [-0.05, 0) is 70.3 Å². The van der Waals surface area contributed by atoms with Gasteiger partial charge in [0.05, 0.1) is 16.6 Å². The maximum atomic E-state index is 15.2. The average Bonchev–Trinajstić information content (AvgIpc) is 2.93. The van der Waals surface area contributed by atoms with E-state index in [1.54, 1.807) is 45.0 Å². The molecule has 1 aliphatic heterocycles. The molecule has 0 bridgehead atoms. The van der Waals surface area contributed by atoms with Crippen LogP contribution in [0.2, 0.25) is 0 Å². The van der Waals surface area contributed by atoms with Gasteiger partial charge in [0.25, 0.3) is 0 Å². The van der Waals surface area contributed by atoms with E-state index in [4.69, 9.17) is 9.47 Å². The number of rotatable bonds is 13. The Morgan fingerprint density at radius 3 is 2.37 bits per heavy atom. The molecule has 1 N–H and O–H groups in total. The van der Waals surface area contributed by atoms with Gasteiger partial charge in [0, 0.05) is 49.8 Å². The first-order valence-corrected chi connectivity index (χ1v) is 14.8. The quantitative estimate of drug-likeness (QED) is 0.275. The van der Waals surface area contributed by atoms with Crippen molar-refractivity contribution in [3.05, 3.63) is 64.5 Å². The summed E-state index contributed by atoms with van der Waals surface area (Å²) in [5, 5.41) is 2.27. The summed E-state index contributed by atoms with van der Waals surface area (Å²) in [6, 6.07) is 10.3. The van der Waals surface area contributed by atoms with Gasteiger partial charge in [-0.25, -0.2) is 4.39 Å². The Morgan fingerprint density at radius 1 is 1.14 bits per heavy atom. The molecule has 1 amide bonds. The van der Waals surface area contributed by atoms with Crippen molar-refractivity contribution in [2.24, 2.45) is 0 Å². The molecule has 3 rings (SSSR count). The van der Waals surface area contributed by atoms with Crippen LogP contribution in [0.1, 0.15) is 67.6 Å². The van der Waals surface area contributed by atoms with Gasteiger partial charge < -0.3 is 24.5 Å². The van der Waals surface area contributed by atoms with Crippen molar-refractivity contribution in [3.8, 4) is 5.75 Å². The lowest BCUT2D eigenvalue weighted by Gasteiger charge is -2.53. The Balaban J connectivity index is 1.90. The van der Waals surface area contributed by atoms with Gasteiger partial charge in [0.1, 0.15) is 48.0 Å². The first-order chi connectivity index (χ1) is 20.0. The molecule has 43 heavy (non-hydrogen) atoms. The molecular weight excluding hydrogens is 546 g/mol. The predicted octanol–water partition coefficient (Wildman–Crippen LogP) is 0.969. The maximum absolute atomic E-state index is 15.2. The monoisotopic (exact) mass is 591 g/mol. The van der Waals surface area contributed by atoms with E-state index in [0.717, 1.165) is 31.2 Å². The Morgan fingerprint density at radius 2 is 1.79 bits per heavy atom. The summed E-state index contributed by atoms with van der Waals surface area (Å²) >= 11 is 0. The molecule has 8 nitrogen and oxygen atoms in total. The molecule has 1 unspecified atom stereocenters. The first-order valence-electron chi connectivity index (χ1n) is 14.8. The van der Waals surface area contributed by atoms with E-state index in [0.29, 0.717) is 28.9 Å². The fourth-order valence-corrected chi connectivity index (χ4v) is 6.08. The number of benzene rings is 2. The van der Waals surface area contributed by atoms with Crippen molar-refractivity contribution in [2.75, 3.05) is 27.2 Å². The average molecular weight is 591 g/mol. The predicted molar refractivity (Wildman–Crippen MR) is 174 cm³/mol. The minimum atomic E-state index is -1.00. The molecule has 0 saturated carbocycles. The zero-order valence-electron chi connectivity index (χ0n) is 27.2. The van der Waals surface area contributed by atoms with Crippen molar-refractivity contribution in [2.45, 2.75) is 75.7 Å². The van der Waals surface area contributed by atoms with Crippen LogP contribution < -0.4 is 10.1 Å². The standard InChI is InChI=1S/C31H45B3FN3O5/c1-28(2)19-38(20-29(3,4)43-28)31(33,34)23-11-12-25(35)22(15-23)18-42-26-10-7-9-21(17-40)24(26)16-37(6)30(32,13-8-14-39)27(41)36-5/h7,9-12,14-15,17H,8,13,16,18-20,32-34H2,1-6H3,(H,36,41). The van der Waals surface area contributed by atoms with Crippen molar-refractivity contribution < 1.29 is 28.2 Å². The second-order valence-corrected chi connectivity index (χ2v) is 13.5. The van der Waals surface area contributed by atoms with E-state index in [1.165, 1.54) is 6.07 Å². The lowest BCUT2D eigenvalue weighted by atomic mass is 9.56. The van der Waals surface area contributed by atoms with E-state index >= 15 is 4.39 Å². The minimum absolute atomic E-state index is 0.0489. The van der Waals surface area contributed by atoms with E-state index < -0.39 is 10.8 Å². The number of hydrogen-bond donors (Lipinski definition) is 1. The number of carbonyl (C=O) groups excluding carboxylic acids is 3. The third kappa shape index (κ3) is 7.96. The molecule has 1 heterocycles. The molecule has 1 aliphatic rings. The summed E-state index contributed by atoms with van der Waals surface area (Å²) in [4.78, 5) is 40.2. The number of hydrogen-bond acceptors (Lipinski definition) is 7. The molecule has 2 aromatic rings. The smallest absolute Gasteiger partial charge is 0.231 e. The van der Waals surface area contributed by atoms with E-state index in [1.807, 2.05) is 12.1 Å². The summed E-state index contributed by atoms with van der Waals surface area (Å²) in [5.74, 6) is -0.197. The Labute approximate surface area is 258 Å². The van der Waals surface area contributed by atoms with Gasteiger partial charge in [-0.2, -0.15) is 0 Å². The summed E-state index contributed by atoms with van der Waals surface area (Å²) in [7, 11) is 9.35. The highest BCUT2D eigenvalue weighted by atomic mass is 19.1. The Hall–Kier alpha value is -2.95. The van der Waals surface area contributed by atoms with Crippen molar-refractivity contribution in [1.29, 1.82) is 0 Å². The largest absolute Gasteiger partial charge is 0.488 e. The highest BCUT2D eigenvalue weighted by molar-refractivity contribution is 6.39. The van der Waals surface area contributed by atoms with Crippen LogP contribution in [0, 0.1) is 5.82 Å². The van der Waals surface area contributed by atoms with Crippen LogP contribution in [0.3, 0.4) is 0 Å². The number of aldehydes is 2. The minimum Gasteiger partial charge on any atom is -0.488 e. The molecule has 1 saturated heterocycles. The Kier molecular flexibility index (Phi) is 10.7. The number of halogens is 1. The molecule has 230 valence electrons. The van der Waals surface area contributed by atoms with Gasteiger partial charge in [0.2, 0.25) is 5.91 Å². The van der Waals surface area contributed by atoms with Crippen LogP contribution in [-0.4, -0.2) is 95.6 Å². The van der Waals surface area contributed by atoms with Crippen LogP contribution in [0.5, 0.6) is 5.75 Å². The topological polar surface area (TPSA) is 88.2 Å². The molecule has 0 spiro atoms. The van der Waals surface area contributed by atoms with Gasteiger partial charge in [-0.1, -0.05) is 18.2 Å². The number of amides is 1. The fraction of sp³-hybridized carbons (Fsp3) is 0.516. The van der Waals surface area contributed by atoms with Gasteiger partial charge >= 0.3 is 0 Å². The number of morpholine rings is 1. The highest BCUT2D eigenvalue weighted by Crippen LogP contribution is 2.35. The van der Waals surface area contributed by atoms with Crippen LogP contribution in [0.4, 0.5) is 4.39 Å². The highest BCUT2D eigenvalue weighted by Gasteiger charge is 2.43. The van der Waals surface area contributed by atoms with Crippen LogP contribution in [0.15, 0.2) is 36.4 Å². The van der Waals surface area contributed by atoms with Gasteiger partial charge in [-0.3, -0.25) is 14.5 Å². The lowest BCUT2D eigenvalue weighted by Crippen LogP contribution is -2.63. The zero-order chi connectivity index (χ0) is 32.2. The van der Waals surface area contributed by atoms with Crippen LogP contribution in [-0.2, 0) is 32.8 Å². The maximum Gasteiger partial charge on any atom is 0.231 e. The molecule has 2 aromatic carbocycles.